The Morgan fingerprint density at radius 2 is 2.12 bits per heavy atom. The van der Waals surface area contributed by atoms with E-state index in [1.165, 1.54) is 12.1 Å². The van der Waals surface area contributed by atoms with Gasteiger partial charge in [-0.25, -0.2) is 9.38 Å². The Hall–Kier alpha value is -3.36. The third-order valence-corrected chi connectivity index (χ3v) is 6.13. The van der Waals surface area contributed by atoms with Gasteiger partial charge < -0.3 is 20.0 Å². The average Bonchev–Trinajstić information content (AvgIpc) is 3.57. The zero-order valence-electron chi connectivity index (χ0n) is 20.9. The fourth-order valence-corrected chi connectivity index (χ4v) is 4.52. The maximum Gasteiger partial charge on any atom is 0.227 e. The number of carbonyl (C=O) groups is 1. The van der Waals surface area contributed by atoms with E-state index in [4.69, 9.17) is 7.73 Å². The fourth-order valence-electron chi connectivity index (χ4n) is 4.52. The third-order valence-electron chi connectivity index (χ3n) is 6.13. The number of aromatic nitrogens is 2. The van der Waals surface area contributed by atoms with Crippen LogP contribution in [0.25, 0.3) is 0 Å². The highest BCUT2D eigenvalue weighted by Crippen LogP contribution is 2.29. The van der Waals surface area contributed by atoms with E-state index in [-0.39, 0.29) is 23.8 Å². The summed E-state index contributed by atoms with van der Waals surface area (Å²) in [6.45, 7) is 5.77. The molecule has 9 heteroatoms. The average molecular weight is 454 g/mol. The van der Waals surface area contributed by atoms with E-state index in [1.807, 2.05) is 29.6 Å². The van der Waals surface area contributed by atoms with E-state index in [2.05, 4.69) is 10.4 Å². The first-order chi connectivity index (χ1) is 16.9. The summed E-state index contributed by atoms with van der Waals surface area (Å²) in [5.41, 5.74) is 2.22. The number of anilines is 1. The molecule has 33 heavy (non-hydrogen) atoms. The zero-order chi connectivity index (χ0) is 24.7. The molecule has 3 aliphatic heterocycles. The summed E-state index contributed by atoms with van der Waals surface area (Å²) in [6.07, 6.45) is 4.87. The van der Waals surface area contributed by atoms with Crippen LogP contribution < -0.4 is 10.2 Å². The van der Waals surface area contributed by atoms with Crippen molar-refractivity contribution in [2.75, 3.05) is 31.2 Å². The summed E-state index contributed by atoms with van der Waals surface area (Å²) in [6, 6.07) is 5.99. The number of benzene rings is 1. The highest BCUT2D eigenvalue weighted by molar-refractivity contribution is 6.00. The van der Waals surface area contributed by atoms with Crippen molar-refractivity contribution in [2.24, 2.45) is 10.9 Å². The molecule has 1 amide bonds. The number of likely N-dealkylation sites (N-methyl/N-ethyl adjacent to an activating group) is 1. The summed E-state index contributed by atoms with van der Waals surface area (Å²) < 4.78 is 32.3. The van der Waals surface area contributed by atoms with Gasteiger partial charge in [-0.05, 0) is 37.6 Å². The standard InChI is InChI=1S/C24H30FN7O/c1-3-9-29-15-21-24(30(4-2)16-29)28-23(27-21)18-11-26-31(14-18)12-17-10-22(33)32(13-17)20-7-5-19(25)6-8-20/h5-8,11,14-15,17,23,27H,3-4,9-10,12-13,16H2,1-2H3/i15D,16D. The molecule has 1 saturated heterocycles. The van der Waals surface area contributed by atoms with Crippen LogP contribution in [0.2, 0.25) is 0 Å². The maximum absolute atomic E-state index is 13.2. The molecule has 3 unspecified atom stereocenters. The molecule has 1 aromatic heterocycles. The number of nitrogens with one attached hydrogen (secondary N) is 1. The van der Waals surface area contributed by atoms with E-state index >= 15 is 0 Å². The minimum Gasteiger partial charge on any atom is -0.358 e. The zero-order valence-corrected chi connectivity index (χ0v) is 18.9. The molecule has 8 nitrogen and oxygen atoms in total. The first-order valence-electron chi connectivity index (χ1n) is 12.6. The molecule has 0 bridgehead atoms. The molecule has 1 fully saturated rings. The van der Waals surface area contributed by atoms with Crippen LogP contribution in [0.3, 0.4) is 0 Å². The van der Waals surface area contributed by atoms with E-state index in [9.17, 15) is 9.18 Å². The first kappa shape index (κ1) is 19.1. The van der Waals surface area contributed by atoms with Crippen molar-refractivity contribution in [3.8, 4) is 0 Å². The van der Waals surface area contributed by atoms with Gasteiger partial charge in [0.25, 0.3) is 0 Å². The van der Waals surface area contributed by atoms with Crippen LogP contribution in [0, 0.1) is 11.7 Å². The molecule has 0 spiro atoms. The second kappa shape index (κ2) is 8.88. The second-order valence-corrected chi connectivity index (χ2v) is 8.63. The van der Waals surface area contributed by atoms with Crippen LogP contribution in [-0.4, -0.2) is 57.6 Å². The van der Waals surface area contributed by atoms with E-state index in [0.717, 1.165) is 12.0 Å². The van der Waals surface area contributed by atoms with Crippen molar-refractivity contribution in [3.63, 3.8) is 0 Å². The summed E-state index contributed by atoms with van der Waals surface area (Å²) >= 11 is 0. The van der Waals surface area contributed by atoms with Gasteiger partial charge in [0.1, 0.15) is 12.0 Å². The molecule has 5 rings (SSSR count). The Morgan fingerprint density at radius 1 is 1.30 bits per heavy atom. The van der Waals surface area contributed by atoms with Crippen LogP contribution in [0.5, 0.6) is 0 Å². The number of hydrogen-bond donors (Lipinski definition) is 1. The minimum atomic E-state index is -0.665. The largest absolute Gasteiger partial charge is 0.358 e. The number of halogens is 1. The van der Waals surface area contributed by atoms with Crippen molar-refractivity contribution in [1.82, 2.24) is 24.9 Å². The molecule has 3 atom stereocenters. The monoisotopic (exact) mass is 453 g/mol. The Bertz CT molecular complexity index is 1160. The quantitative estimate of drug-likeness (QED) is 0.698. The lowest BCUT2D eigenvalue weighted by Gasteiger charge is -2.35. The molecular weight excluding hydrogens is 421 g/mol. The molecule has 4 heterocycles. The highest BCUT2D eigenvalue weighted by Gasteiger charge is 2.33. The molecule has 2 aromatic rings. The van der Waals surface area contributed by atoms with E-state index in [0.29, 0.717) is 56.0 Å². The van der Waals surface area contributed by atoms with Gasteiger partial charge in [0.05, 0.1) is 21.3 Å². The topological polar surface area (TPSA) is 69.0 Å². The van der Waals surface area contributed by atoms with Gasteiger partial charge >= 0.3 is 0 Å². The molecule has 0 aliphatic carbocycles. The van der Waals surface area contributed by atoms with E-state index in [1.54, 1.807) is 28.1 Å². The normalized spacial score (nSPS) is 25.8. The number of nitrogens with zero attached hydrogens (tertiary/aromatic N) is 6. The van der Waals surface area contributed by atoms with Crippen molar-refractivity contribution in [2.45, 2.75) is 39.4 Å². The van der Waals surface area contributed by atoms with Crippen molar-refractivity contribution >= 4 is 17.4 Å². The number of hydrogen-bond acceptors (Lipinski definition) is 6. The van der Waals surface area contributed by atoms with Crippen molar-refractivity contribution in [1.29, 1.82) is 0 Å². The number of carbonyl (C=O) groups excluding carboxylic acids is 1. The van der Waals surface area contributed by atoms with Gasteiger partial charge in [-0.1, -0.05) is 6.92 Å². The van der Waals surface area contributed by atoms with Crippen molar-refractivity contribution < 1.29 is 11.9 Å². The summed E-state index contributed by atoms with van der Waals surface area (Å²) in [5.74, 6) is 0.448. The van der Waals surface area contributed by atoms with Gasteiger partial charge in [0, 0.05) is 62.1 Å². The molecule has 0 radical (unpaired) electrons. The van der Waals surface area contributed by atoms with Gasteiger partial charge in [-0.15, -0.1) is 0 Å². The number of amides is 1. The summed E-state index contributed by atoms with van der Waals surface area (Å²) in [5, 5.41) is 7.85. The SMILES string of the molecule is [2H]C1=C2NC(c3cnn(CC4CC(=O)N(c5ccc(F)cc5)C4)c3)N=C2N(CC)C([2H])N1CCC. The van der Waals surface area contributed by atoms with Crippen LogP contribution in [0.4, 0.5) is 10.1 Å². The van der Waals surface area contributed by atoms with Crippen LogP contribution in [0.15, 0.2) is 53.5 Å². The Balaban J connectivity index is 1.29. The molecule has 1 N–H and O–H groups in total. The van der Waals surface area contributed by atoms with Crippen LogP contribution in [-0.2, 0) is 11.3 Å². The molecule has 1 aromatic carbocycles. The number of fused-ring (bicyclic) bond motifs is 1. The Labute approximate surface area is 196 Å². The molecular formula is C24H30FN7O. The highest BCUT2D eigenvalue weighted by atomic mass is 19.1. The lowest BCUT2D eigenvalue weighted by atomic mass is 10.1. The summed E-state index contributed by atoms with van der Waals surface area (Å²) in [7, 11) is 0. The molecule has 3 aliphatic rings. The van der Waals surface area contributed by atoms with Gasteiger partial charge in [-0.3, -0.25) is 9.48 Å². The maximum atomic E-state index is 13.2. The Kier molecular flexibility index (Phi) is 5.15. The predicted octanol–water partition coefficient (Wildman–Crippen LogP) is 2.92. The number of rotatable bonds is 7. The molecule has 174 valence electrons. The van der Waals surface area contributed by atoms with E-state index < -0.39 is 6.64 Å². The fraction of sp³-hybridized carbons (Fsp3) is 0.458. The first-order valence-corrected chi connectivity index (χ1v) is 11.5. The van der Waals surface area contributed by atoms with Crippen molar-refractivity contribution in [3.05, 3.63) is 59.9 Å². The lowest BCUT2D eigenvalue weighted by Crippen LogP contribution is -2.45. The Morgan fingerprint density at radius 3 is 2.88 bits per heavy atom. The predicted molar refractivity (Wildman–Crippen MR) is 125 cm³/mol. The second-order valence-electron chi connectivity index (χ2n) is 8.63. The number of amidine groups is 1. The molecule has 0 saturated carbocycles. The van der Waals surface area contributed by atoms with Gasteiger partial charge in [0.15, 0.2) is 5.84 Å². The van der Waals surface area contributed by atoms with Crippen LogP contribution in [0.1, 0.15) is 41.2 Å². The minimum absolute atomic E-state index is 0.0260. The smallest absolute Gasteiger partial charge is 0.227 e. The van der Waals surface area contributed by atoms with Gasteiger partial charge in [0.2, 0.25) is 5.91 Å². The van der Waals surface area contributed by atoms with Gasteiger partial charge in [-0.2, -0.15) is 5.10 Å². The van der Waals surface area contributed by atoms with Crippen LogP contribution >= 0.6 is 0 Å². The third kappa shape index (κ3) is 4.31. The lowest BCUT2D eigenvalue weighted by molar-refractivity contribution is -0.117. The number of aliphatic imine (C=N–C) groups is 1. The summed E-state index contributed by atoms with van der Waals surface area (Å²) in [4.78, 5) is 22.7.